The van der Waals surface area contributed by atoms with Crippen molar-refractivity contribution in [3.05, 3.63) is 35.6 Å². The molecule has 0 aromatic heterocycles. The van der Waals surface area contributed by atoms with Crippen molar-refractivity contribution in [2.45, 2.75) is 51.5 Å². The number of para-hydroxylation sites is 1. The highest BCUT2D eigenvalue weighted by atomic mass is 32.2. The first kappa shape index (κ1) is 20.4. The van der Waals surface area contributed by atoms with Gasteiger partial charge in [0.1, 0.15) is 16.2 Å². The second-order valence-electron chi connectivity index (χ2n) is 8.12. The van der Waals surface area contributed by atoms with E-state index in [0.717, 1.165) is 6.42 Å². The number of hydrogen-bond acceptors (Lipinski definition) is 5. The SMILES string of the molecule is CC(C)CCN1C(=O)C(C2=NS(=O)(=O)c3ccccc3N2)=C(O)C1CC(C)C. The lowest BCUT2D eigenvalue weighted by Crippen LogP contribution is -2.38. The molecule has 7 nitrogen and oxygen atoms in total. The number of hydrogen-bond donors (Lipinski definition) is 2. The maximum absolute atomic E-state index is 13.1. The van der Waals surface area contributed by atoms with Gasteiger partial charge < -0.3 is 15.3 Å². The number of nitrogens with one attached hydrogen (secondary N) is 1. The summed E-state index contributed by atoms with van der Waals surface area (Å²) in [6.07, 6.45) is 1.39. The van der Waals surface area contributed by atoms with Crippen LogP contribution in [0.2, 0.25) is 0 Å². The fourth-order valence-electron chi connectivity index (χ4n) is 3.49. The average molecular weight is 406 g/mol. The maximum Gasteiger partial charge on any atom is 0.286 e. The van der Waals surface area contributed by atoms with E-state index in [0.29, 0.717) is 24.6 Å². The van der Waals surface area contributed by atoms with Crippen LogP contribution >= 0.6 is 0 Å². The summed E-state index contributed by atoms with van der Waals surface area (Å²) in [5.41, 5.74) is 0.300. The molecule has 2 N–H and O–H groups in total. The molecule has 1 atom stereocenters. The van der Waals surface area contributed by atoms with Crippen LogP contribution in [-0.2, 0) is 14.8 Å². The summed E-state index contributed by atoms with van der Waals surface area (Å²) in [6.45, 7) is 8.68. The lowest BCUT2D eigenvalue weighted by molar-refractivity contribution is -0.127. The summed E-state index contributed by atoms with van der Waals surface area (Å²) in [6, 6.07) is 5.92. The second kappa shape index (κ2) is 7.58. The van der Waals surface area contributed by atoms with Gasteiger partial charge in [-0.1, -0.05) is 39.8 Å². The van der Waals surface area contributed by atoms with Gasteiger partial charge in [-0.05, 0) is 36.8 Å². The van der Waals surface area contributed by atoms with Gasteiger partial charge in [-0.2, -0.15) is 8.42 Å². The Hall–Kier alpha value is -2.35. The highest BCUT2D eigenvalue weighted by Gasteiger charge is 2.43. The van der Waals surface area contributed by atoms with Gasteiger partial charge in [0.05, 0.1) is 11.7 Å². The first-order chi connectivity index (χ1) is 13.1. The van der Waals surface area contributed by atoms with Crippen molar-refractivity contribution in [3.63, 3.8) is 0 Å². The van der Waals surface area contributed by atoms with Crippen LogP contribution in [0.3, 0.4) is 0 Å². The van der Waals surface area contributed by atoms with E-state index in [9.17, 15) is 18.3 Å². The molecular weight excluding hydrogens is 378 g/mol. The molecule has 0 fully saturated rings. The number of nitrogens with zero attached hydrogens (tertiary/aromatic N) is 2. The number of fused-ring (bicyclic) bond motifs is 1. The molecule has 0 aliphatic carbocycles. The molecular formula is C20H27N3O4S. The van der Waals surface area contributed by atoms with Crippen molar-refractivity contribution in [2.24, 2.45) is 16.2 Å². The largest absolute Gasteiger partial charge is 0.509 e. The zero-order valence-corrected chi connectivity index (χ0v) is 17.5. The van der Waals surface area contributed by atoms with Crippen molar-refractivity contribution >= 4 is 27.5 Å². The number of carbonyl (C=O) groups excluding carboxylic acids is 1. The van der Waals surface area contributed by atoms with Gasteiger partial charge in [0.25, 0.3) is 15.9 Å². The minimum absolute atomic E-state index is 0.0486. The Bertz CT molecular complexity index is 948. The topological polar surface area (TPSA) is 99.1 Å². The van der Waals surface area contributed by atoms with Crippen LogP contribution in [0.15, 0.2) is 44.9 Å². The van der Waals surface area contributed by atoms with Gasteiger partial charge in [-0.3, -0.25) is 4.79 Å². The molecule has 0 saturated carbocycles. The molecule has 2 aliphatic heterocycles. The number of aliphatic hydroxyl groups is 1. The Morgan fingerprint density at radius 3 is 2.50 bits per heavy atom. The predicted octanol–water partition coefficient (Wildman–Crippen LogP) is 3.31. The Kier molecular flexibility index (Phi) is 5.52. The summed E-state index contributed by atoms with van der Waals surface area (Å²) in [5.74, 6) is 0.0533. The fourth-order valence-corrected chi connectivity index (χ4v) is 4.62. The zero-order valence-electron chi connectivity index (χ0n) is 16.6. The van der Waals surface area contributed by atoms with Gasteiger partial charge >= 0.3 is 0 Å². The first-order valence-electron chi connectivity index (χ1n) is 9.57. The van der Waals surface area contributed by atoms with Crippen molar-refractivity contribution in [1.29, 1.82) is 0 Å². The molecule has 1 unspecified atom stereocenters. The molecule has 0 bridgehead atoms. The minimum atomic E-state index is -3.95. The van der Waals surface area contributed by atoms with E-state index in [1.807, 2.05) is 13.8 Å². The highest BCUT2D eigenvalue weighted by Crippen LogP contribution is 2.34. The zero-order chi connectivity index (χ0) is 20.6. The van der Waals surface area contributed by atoms with Crippen LogP contribution in [0, 0.1) is 11.8 Å². The Balaban J connectivity index is 2.01. The predicted molar refractivity (Wildman–Crippen MR) is 109 cm³/mol. The molecule has 2 heterocycles. The number of rotatable bonds is 6. The van der Waals surface area contributed by atoms with Crippen LogP contribution in [0.1, 0.15) is 40.5 Å². The number of amides is 1. The molecule has 152 valence electrons. The molecule has 1 aromatic rings. The summed E-state index contributed by atoms with van der Waals surface area (Å²) < 4.78 is 28.9. The molecule has 0 spiro atoms. The fraction of sp³-hybridized carbons (Fsp3) is 0.500. The molecule has 3 rings (SSSR count). The van der Waals surface area contributed by atoms with Crippen molar-refractivity contribution in [2.75, 3.05) is 11.9 Å². The van der Waals surface area contributed by atoms with Crippen molar-refractivity contribution < 1.29 is 18.3 Å². The van der Waals surface area contributed by atoms with E-state index in [4.69, 9.17) is 0 Å². The van der Waals surface area contributed by atoms with Crippen LogP contribution in [0.4, 0.5) is 5.69 Å². The molecule has 8 heteroatoms. The number of benzene rings is 1. The lowest BCUT2D eigenvalue weighted by Gasteiger charge is -2.27. The summed E-state index contributed by atoms with van der Waals surface area (Å²) in [5, 5.41) is 13.8. The lowest BCUT2D eigenvalue weighted by atomic mass is 10.0. The normalized spacial score (nSPS) is 21.2. The molecule has 0 radical (unpaired) electrons. The van der Waals surface area contributed by atoms with Crippen LogP contribution in [0.25, 0.3) is 0 Å². The van der Waals surface area contributed by atoms with E-state index in [-0.39, 0.29) is 33.9 Å². The number of anilines is 1. The average Bonchev–Trinajstić information content (AvgIpc) is 2.82. The number of aliphatic hydroxyl groups excluding tert-OH is 1. The van der Waals surface area contributed by atoms with Crippen molar-refractivity contribution in [3.8, 4) is 0 Å². The summed E-state index contributed by atoms with van der Waals surface area (Å²) in [7, 11) is -3.95. The van der Waals surface area contributed by atoms with E-state index in [1.165, 1.54) is 6.07 Å². The molecule has 1 amide bonds. The van der Waals surface area contributed by atoms with Gasteiger partial charge in [0.2, 0.25) is 0 Å². The van der Waals surface area contributed by atoms with E-state index < -0.39 is 16.1 Å². The smallest absolute Gasteiger partial charge is 0.286 e. The quantitative estimate of drug-likeness (QED) is 0.756. The first-order valence-corrected chi connectivity index (χ1v) is 11.0. The molecule has 1 aromatic carbocycles. The summed E-state index contributed by atoms with van der Waals surface area (Å²) in [4.78, 5) is 14.8. The highest BCUT2D eigenvalue weighted by molar-refractivity contribution is 7.90. The summed E-state index contributed by atoms with van der Waals surface area (Å²) >= 11 is 0. The minimum Gasteiger partial charge on any atom is -0.509 e. The monoisotopic (exact) mass is 405 g/mol. The van der Waals surface area contributed by atoms with E-state index >= 15 is 0 Å². The molecule has 2 aliphatic rings. The molecule has 0 saturated heterocycles. The number of amidine groups is 1. The van der Waals surface area contributed by atoms with Crippen LogP contribution in [0.5, 0.6) is 0 Å². The maximum atomic E-state index is 13.1. The van der Waals surface area contributed by atoms with Gasteiger partial charge in [-0.15, -0.1) is 4.40 Å². The van der Waals surface area contributed by atoms with Gasteiger partial charge in [0, 0.05) is 6.54 Å². The van der Waals surface area contributed by atoms with Crippen molar-refractivity contribution in [1.82, 2.24) is 4.90 Å². The Morgan fingerprint density at radius 1 is 1.18 bits per heavy atom. The van der Waals surface area contributed by atoms with E-state index in [2.05, 4.69) is 23.6 Å². The number of sulfonamides is 1. The third-order valence-electron chi connectivity index (χ3n) is 4.93. The second-order valence-corrected chi connectivity index (χ2v) is 9.70. The molecule has 28 heavy (non-hydrogen) atoms. The Labute approximate surface area is 166 Å². The van der Waals surface area contributed by atoms with E-state index in [1.54, 1.807) is 23.1 Å². The number of carbonyl (C=O) groups is 1. The van der Waals surface area contributed by atoms with Gasteiger partial charge in [-0.25, -0.2) is 0 Å². The van der Waals surface area contributed by atoms with Gasteiger partial charge in [0.15, 0.2) is 5.84 Å². The third kappa shape index (κ3) is 3.78. The standard InChI is InChI=1S/C20H27N3O4S/c1-12(2)9-10-23-15(11-13(3)4)18(24)17(20(23)25)19-21-14-7-5-6-8-16(14)28(26,27)22-19/h5-8,12-13,15,24H,9-11H2,1-4H3,(H,21,22). The van der Waals surface area contributed by atoms with Crippen LogP contribution < -0.4 is 5.32 Å². The Morgan fingerprint density at radius 2 is 1.86 bits per heavy atom. The third-order valence-corrected chi connectivity index (χ3v) is 6.27. The van der Waals surface area contributed by atoms with Crippen LogP contribution in [-0.4, -0.2) is 42.8 Å².